The molecule has 190 valence electrons. The molecule has 1 aliphatic heterocycles. The lowest BCUT2D eigenvalue weighted by Gasteiger charge is -2.19. The average Bonchev–Trinajstić information content (AvgIpc) is 3.52. The van der Waals surface area contributed by atoms with E-state index in [0.717, 1.165) is 26.9 Å². The van der Waals surface area contributed by atoms with Crippen LogP contribution in [0.4, 0.5) is 23.3 Å². The molecule has 0 unspecified atom stereocenters. The number of nitrogens with one attached hydrogen (secondary N) is 2. The Bertz CT molecular complexity index is 1960. The maximum absolute atomic E-state index is 12.7. The van der Waals surface area contributed by atoms with Crippen LogP contribution in [0.3, 0.4) is 0 Å². The van der Waals surface area contributed by atoms with Gasteiger partial charge in [-0.1, -0.05) is 24.3 Å². The molecule has 1 fully saturated rings. The van der Waals surface area contributed by atoms with Gasteiger partial charge in [0.05, 0.1) is 23.0 Å². The molecular weight excluding hydrogens is 490 g/mol. The Hall–Kier alpha value is -4.81. The van der Waals surface area contributed by atoms with Crippen molar-refractivity contribution in [1.29, 1.82) is 0 Å². The van der Waals surface area contributed by atoms with Gasteiger partial charge >= 0.3 is 0 Å². The molecule has 0 spiro atoms. The molecule has 4 aromatic carbocycles. The largest absolute Gasteiger partial charge is 0.394 e. The van der Waals surface area contributed by atoms with Crippen LogP contribution >= 0.6 is 0 Å². The van der Waals surface area contributed by atoms with Gasteiger partial charge in [-0.3, -0.25) is 24.5 Å². The van der Waals surface area contributed by atoms with Crippen molar-refractivity contribution in [2.24, 2.45) is 0 Å². The van der Waals surface area contributed by atoms with Gasteiger partial charge in [0.2, 0.25) is 11.9 Å². The van der Waals surface area contributed by atoms with Gasteiger partial charge in [-0.15, -0.1) is 0 Å². The van der Waals surface area contributed by atoms with Gasteiger partial charge in [-0.05, 0) is 47.2 Å². The molecule has 2 aromatic heterocycles. The van der Waals surface area contributed by atoms with Crippen molar-refractivity contribution in [2.45, 2.75) is 25.2 Å². The maximum Gasteiger partial charge on any atom is 0.280 e. The zero-order chi connectivity index (χ0) is 26.1. The number of nitrogens with zero attached hydrogens (tertiary/aromatic N) is 4. The van der Waals surface area contributed by atoms with Crippen LogP contribution in [0, 0.1) is 10.1 Å². The number of fused-ring (bicyclic) bond motifs is 1. The second kappa shape index (κ2) is 8.10. The van der Waals surface area contributed by atoms with E-state index in [9.17, 15) is 20.0 Å². The maximum atomic E-state index is 12.7. The van der Waals surface area contributed by atoms with E-state index in [1.54, 1.807) is 16.7 Å². The lowest BCUT2D eigenvalue weighted by Crippen LogP contribution is -2.17. The first kappa shape index (κ1) is 22.4. The van der Waals surface area contributed by atoms with Crippen LogP contribution in [0.15, 0.2) is 53.3 Å². The number of ether oxygens (including phenoxy) is 1. The van der Waals surface area contributed by atoms with Gasteiger partial charge in [-0.2, -0.15) is 4.98 Å². The van der Waals surface area contributed by atoms with Crippen LogP contribution < -0.4 is 16.6 Å². The monoisotopic (exact) mass is 511 g/mol. The normalized spacial score (nSPS) is 17.8. The Morgan fingerprint density at radius 2 is 1.79 bits per heavy atom. The zero-order valence-electron chi connectivity index (χ0n) is 19.8. The summed E-state index contributed by atoms with van der Waals surface area (Å²) in [7, 11) is 0. The minimum absolute atomic E-state index is 0.0452. The molecule has 0 aliphatic carbocycles. The summed E-state index contributed by atoms with van der Waals surface area (Å²) >= 11 is 0. The van der Waals surface area contributed by atoms with Gasteiger partial charge < -0.3 is 20.9 Å². The summed E-state index contributed by atoms with van der Waals surface area (Å²) in [5.74, 6) is 0.282. The highest BCUT2D eigenvalue weighted by atomic mass is 16.6. The summed E-state index contributed by atoms with van der Waals surface area (Å²) in [6, 6.07) is 14.7. The highest BCUT2D eigenvalue weighted by molar-refractivity contribution is 6.26. The van der Waals surface area contributed by atoms with Crippen LogP contribution in [0.5, 0.6) is 0 Å². The quantitative estimate of drug-likeness (QED) is 0.152. The van der Waals surface area contributed by atoms with E-state index in [1.807, 2.05) is 30.3 Å². The zero-order valence-corrected chi connectivity index (χ0v) is 19.8. The van der Waals surface area contributed by atoms with Crippen LogP contribution in [0.1, 0.15) is 19.1 Å². The molecule has 3 heterocycles. The molecule has 12 nitrogen and oxygen atoms in total. The molecule has 38 heavy (non-hydrogen) atoms. The molecule has 0 amide bonds. The van der Waals surface area contributed by atoms with Crippen LogP contribution in [0.2, 0.25) is 0 Å². The minimum atomic E-state index is -0.518. The molecule has 5 N–H and O–H groups in total. The fourth-order valence-electron chi connectivity index (χ4n) is 5.55. The highest BCUT2D eigenvalue weighted by Gasteiger charge is 2.31. The van der Waals surface area contributed by atoms with Crippen LogP contribution in [-0.4, -0.2) is 42.3 Å². The standard InChI is InChI=1S/C26H21N7O5/c27-25-30-23-22(24(35)31-25)29-26(32(23)19-10-5-14(11-34)38-19)28-17-8-3-12-1-2-13-4-9-18(33(36)37)16-7-6-15(17)20(12)21(13)16/h1-4,6-9,14,19,34H,5,10-11H2,(H,28,29)(H3,27,30,31,35)/t14-,19+/m0/s1. The molecule has 1 aliphatic rings. The van der Waals surface area contributed by atoms with Crippen molar-refractivity contribution >= 4 is 66.8 Å². The molecule has 0 bridgehead atoms. The molecule has 0 radical (unpaired) electrons. The number of rotatable bonds is 5. The number of nitrogens with two attached hydrogens (primary N) is 1. The van der Waals surface area contributed by atoms with Crippen molar-refractivity contribution in [2.75, 3.05) is 17.7 Å². The highest BCUT2D eigenvalue weighted by Crippen LogP contribution is 2.42. The van der Waals surface area contributed by atoms with Crippen LogP contribution in [0.25, 0.3) is 43.5 Å². The number of hydrogen-bond acceptors (Lipinski definition) is 9. The van der Waals surface area contributed by atoms with Crippen LogP contribution in [-0.2, 0) is 4.74 Å². The number of aliphatic hydroxyl groups excluding tert-OH is 1. The van der Waals surface area contributed by atoms with Crippen molar-refractivity contribution in [3.05, 3.63) is 69.0 Å². The number of nitro groups is 1. The number of hydrogen-bond donors (Lipinski definition) is 4. The van der Waals surface area contributed by atoms with Crippen molar-refractivity contribution in [3.63, 3.8) is 0 Å². The summed E-state index contributed by atoms with van der Waals surface area (Å²) < 4.78 is 7.71. The summed E-state index contributed by atoms with van der Waals surface area (Å²) in [4.78, 5) is 35.4. The van der Waals surface area contributed by atoms with E-state index in [2.05, 4.69) is 20.3 Å². The SMILES string of the molecule is Nc1nc2c(nc(Nc3ccc4ccc5ccc([N+](=O)[O-])c6ccc3c4c56)n2[C@H]2CC[C@@H](CO)O2)c(=O)[nH]1. The second-order valence-corrected chi connectivity index (χ2v) is 9.40. The molecule has 7 rings (SSSR count). The summed E-state index contributed by atoms with van der Waals surface area (Å²) in [5.41, 5.74) is 6.47. The first-order valence-electron chi connectivity index (χ1n) is 12.1. The minimum Gasteiger partial charge on any atom is -0.394 e. The Labute approximate surface area is 213 Å². The van der Waals surface area contributed by atoms with Crippen molar-refractivity contribution < 1.29 is 14.8 Å². The third kappa shape index (κ3) is 3.20. The third-order valence-electron chi connectivity index (χ3n) is 7.23. The van der Waals surface area contributed by atoms with E-state index in [4.69, 9.17) is 10.5 Å². The molecule has 6 aromatic rings. The van der Waals surface area contributed by atoms with E-state index in [-0.39, 0.29) is 40.4 Å². The van der Waals surface area contributed by atoms with Gasteiger partial charge in [0.15, 0.2) is 11.2 Å². The molecular formula is C26H21N7O5. The number of nitro benzene ring substituents is 1. The van der Waals surface area contributed by atoms with E-state index in [1.165, 1.54) is 6.07 Å². The fraction of sp³-hybridized carbons (Fsp3) is 0.192. The number of anilines is 3. The number of H-pyrrole nitrogens is 1. The summed E-state index contributed by atoms with van der Waals surface area (Å²) in [6.45, 7) is -0.122. The Kier molecular flexibility index (Phi) is 4.77. The topological polar surface area (TPSA) is 174 Å². The lowest BCUT2D eigenvalue weighted by atomic mass is 9.93. The predicted octanol–water partition coefficient (Wildman–Crippen LogP) is 3.92. The van der Waals surface area contributed by atoms with Gasteiger partial charge in [0.25, 0.3) is 11.2 Å². The van der Waals surface area contributed by atoms with Crippen molar-refractivity contribution in [1.82, 2.24) is 19.5 Å². The van der Waals surface area contributed by atoms with E-state index in [0.29, 0.717) is 29.9 Å². The fourth-order valence-corrected chi connectivity index (χ4v) is 5.55. The number of non-ortho nitro benzene ring substituents is 1. The first-order valence-corrected chi connectivity index (χ1v) is 12.1. The summed E-state index contributed by atoms with van der Waals surface area (Å²) in [5, 5.41) is 29.6. The predicted molar refractivity (Wildman–Crippen MR) is 143 cm³/mol. The molecule has 0 saturated carbocycles. The van der Waals surface area contributed by atoms with Gasteiger partial charge in [0, 0.05) is 22.5 Å². The van der Waals surface area contributed by atoms with E-state index >= 15 is 0 Å². The van der Waals surface area contributed by atoms with Gasteiger partial charge in [0.1, 0.15) is 6.23 Å². The average molecular weight is 511 g/mol. The number of imidazole rings is 1. The third-order valence-corrected chi connectivity index (χ3v) is 7.23. The number of benzene rings is 4. The number of nitrogen functional groups attached to an aromatic ring is 1. The number of aromatic amines is 1. The summed E-state index contributed by atoms with van der Waals surface area (Å²) in [6.07, 6.45) is 0.365. The number of aliphatic hydroxyl groups is 1. The smallest absolute Gasteiger partial charge is 0.280 e. The molecule has 12 heteroatoms. The van der Waals surface area contributed by atoms with Gasteiger partial charge in [-0.25, -0.2) is 4.98 Å². The van der Waals surface area contributed by atoms with Crippen molar-refractivity contribution in [3.8, 4) is 0 Å². The lowest BCUT2D eigenvalue weighted by molar-refractivity contribution is -0.383. The molecule has 1 saturated heterocycles. The Balaban J connectivity index is 1.45. The Morgan fingerprint density at radius 3 is 2.53 bits per heavy atom. The first-order chi connectivity index (χ1) is 18.4. The molecule has 2 atom stereocenters. The number of aromatic nitrogens is 4. The Morgan fingerprint density at radius 1 is 1.08 bits per heavy atom. The van der Waals surface area contributed by atoms with E-state index < -0.39 is 11.8 Å². The second-order valence-electron chi connectivity index (χ2n) is 9.40.